The van der Waals surface area contributed by atoms with Gasteiger partial charge in [0, 0.05) is 54.4 Å². The summed E-state index contributed by atoms with van der Waals surface area (Å²) in [5.41, 5.74) is 5.72. The second-order valence-electron chi connectivity index (χ2n) is 15.9. The maximum Gasteiger partial charge on any atom is 0.319 e. The second-order valence-corrected chi connectivity index (χ2v) is 17.3. The highest BCUT2D eigenvalue weighted by Crippen LogP contribution is 2.54. The van der Waals surface area contributed by atoms with Crippen LogP contribution in [-0.4, -0.2) is 89.4 Å². The number of nitrogens with zero attached hydrogens (tertiary/aromatic N) is 6. The number of hydrogen-bond donors (Lipinski definition) is 1. The summed E-state index contributed by atoms with van der Waals surface area (Å²) >= 11 is 8.03. The zero-order chi connectivity index (χ0) is 36.4. The highest BCUT2D eigenvalue weighted by molar-refractivity contribution is 7.23. The van der Waals surface area contributed by atoms with E-state index >= 15 is 8.78 Å². The van der Waals surface area contributed by atoms with Crippen LogP contribution in [0, 0.1) is 34.3 Å². The second kappa shape index (κ2) is 12.0. The number of nitrogens with two attached hydrogens (primary N) is 1. The fraction of sp³-hybridized carbons (Fsp3) is 0.526. The Bertz CT molecular complexity index is 2270. The minimum Gasteiger partial charge on any atom is -0.489 e. The van der Waals surface area contributed by atoms with Gasteiger partial charge >= 0.3 is 6.01 Å². The molecule has 5 fully saturated rings. The molecule has 4 aromatic rings. The van der Waals surface area contributed by atoms with E-state index in [1.807, 2.05) is 4.90 Å². The van der Waals surface area contributed by atoms with Gasteiger partial charge in [0.2, 0.25) is 5.91 Å². The van der Waals surface area contributed by atoms with Crippen molar-refractivity contribution in [1.29, 1.82) is 5.26 Å². The molecule has 53 heavy (non-hydrogen) atoms. The molecule has 1 spiro atoms. The van der Waals surface area contributed by atoms with E-state index in [9.17, 15) is 14.4 Å². The van der Waals surface area contributed by atoms with Crippen molar-refractivity contribution in [3.05, 3.63) is 34.4 Å². The van der Waals surface area contributed by atoms with Crippen LogP contribution >= 0.6 is 22.9 Å². The predicted molar refractivity (Wildman–Crippen MR) is 195 cm³/mol. The summed E-state index contributed by atoms with van der Waals surface area (Å²) in [6.07, 6.45) is 5.72. The van der Waals surface area contributed by atoms with Crippen molar-refractivity contribution in [1.82, 2.24) is 19.8 Å². The number of thiophene rings is 1. The van der Waals surface area contributed by atoms with E-state index in [-0.39, 0.29) is 90.6 Å². The van der Waals surface area contributed by atoms with Gasteiger partial charge in [-0.2, -0.15) is 15.2 Å². The van der Waals surface area contributed by atoms with Crippen LogP contribution in [0.3, 0.4) is 0 Å². The van der Waals surface area contributed by atoms with Gasteiger partial charge in [-0.1, -0.05) is 17.7 Å². The van der Waals surface area contributed by atoms with Gasteiger partial charge in [0.15, 0.2) is 11.6 Å². The largest absolute Gasteiger partial charge is 0.489 e. The molecule has 2 aromatic carbocycles. The number of carbonyl (C=O) groups excluding carboxylic acids is 1. The van der Waals surface area contributed by atoms with Crippen molar-refractivity contribution in [3.63, 3.8) is 0 Å². The Morgan fingerprint density at radius 2 is 1.98 bits per heavy atom. The maximum absolute atomic E-state index is 17.4. The first-order valence-corrected chi connectivity index (χ1v) is 19.6. The van der Waals surface area contributed by atoms with Crippen LogP contribution in [0.4, 0.5) is 24.0 Å². The number of likely N-dealkylation sites (tertiary alicyclic amines) is 1. The number of carbonyl (C=O) groups is 1. The molecule has 0 radical (unpaired) electrons. The van der Waals surface area contributed by atoms with E-state index in [0.717, 1.165) is 75.9 Å². The first-order valence-electron chi connectivity index (χ1n) is 18.4. The molecule has 2 aromatic heterocycles. The lowest BCUT2D eigenvalue weighted by molar-refractivity contribution is -0.144. The molecule has 1 amide bonds. The van der Waals surface area contributed by atoms with Crippen molar-refractivity contribution in [2.75, 3.05) is 56.6 Å². The van der Waals surface area contributed by atoms with Crippen LogP contribution in [0.2, 0.25) is 5.02 Å². The molecule has 6 heterocycles. The van der Waals surface area contributed by atoms with E-state index in [1.165, 1.54) is 12.1 Å². The van der Waals surface area contributed by atoms with Gasteiger partial charge in [-0.05, 0) is 63.1 Å². The van der Waals surface area contributed by atoms with Gasteiger partial charge in [0.25, 0.3) is 0 Å². The first kappa shape index (κ1) is 33.5. The zero-order valence-corrected chi connectivity index (χ0v) is 30.5. The highest BCUT2D eigenvalue weighted by atomic mass is 35.5. The molecule has 3 atom stereocenters. The van der Waals surface area contributed by atoms with Gasteiger partial charge in [-0.15, -0.1) is 11.3 Å². The number of fused-ring (bicyclic) bond motifs is 2. The van der Waals surface area contributed by atoms with Gasteiger partial charge in [0.1, 0.15) is 47.6 Å². The summed E-state index contributed by atoms with van der Waals surface area (Å²) < 4.78 is 60.0. The summed E-state index contributed by atoms with van der Waals surface area (Å²) in [5.74, 6) is -0.302. The number of rotatable bonds is 6. The van der Waals surface area contributed by atoms with Crippen LogP contribution in [0.5, 0.6) is 11.8 Å². The average molecular weight is 764 g/mol. The predicted octanol–water partition coefficient (Wildman–Crippen LogP) is 6.84. The lowest BCUT2D eigenvalue weighted by Gasteiger charge is -2.49. The Labute approximate surface area is 312 Å². The minimum atomic E-state index is -0.952. The molecule has 15 heteroatoms. The number of aromatic nitrogens is 2. The van der Waals surface area contributed by atoms with E-state index < -0.39 is 23.3 Å². The number of anilines is 2. The van der Waals surface area contributed by atoms with Crippen LogP contribution in [0.15, 0.2) is 12.1 Å². The quantitative estimate of drug-likeness (QED) is 0.225. The smallest absolute Gasteiger partial charge is 0.319 e. The summed E-state index contributed by atoms with van der Waals surface area (Å²) in [4.78, 5) is 28.7. The SMILES string of the molecule is N#Cc1c(N)sc2c(F)ccc(-c3c(Cl)c4c5c(nc(OC[C@@]67CCCN6C[C@H](F)C7)nc5c3F)N(C3CCC5(C3)CN(C(=O)C3CC3)C5)CCO4)c12. The zero-order valence-electron chi connectivity index (χ0n) is 28.9. The molecular formula is C38H37ClF3N7O3S. The molecule has 10 rings (SSSR count). The van der Waals surface area contributed by atoms with Crippen molar-refractivity contribution < 1.29 is 27.4 Å². The molecule has 10 nitrogen and oxygen atoms in total. The third-order valence-electron chi connectivity index (χ3n) is 12.6. The summed E-state index contributed by atoms with van der Waals surface area (Å²) in [7, 11) is 0. The highest BCUT2D eigenvalue weighted by Gasteiger charge is 2.53. The fourth-order valence-electron chi connectivity index (χ4n) is 9.98. The van der Waals surface area contributed by atoms with Crippen LogP contribution in [0.1, 0.15) is 56.9 Å². The number of amides is 1. The average Bonchev–Trinajstić information content (AvgIpc) is 3.55. The monoisotopic (exact) mass is 763 g/mol. The molecule has 6 aliphatic rings. The molecule has 1 unspecified atom stereocenters. The molecule has 0 bridgehead atoms. The minimum absolute atomic E-state index is 0.0225. The Morgan fingerprint density at radius 3 is 2.77 bits per heavy atom. The summed E-state index contributed by atoms with van der Waals surface area (Å²) in [6.45, 7) is 3.43. The van der Waals surface area contributed by atoms with Gasteiger partial charge < -0.3 is 25.0 Å². The fourth-order valence-corrected chi connectivity index (χ4v) is 11.3. The Kier molecular flexibility index (Phi) is 7.57. The topological polar surface area (TPSA) is 121 Å². The van der Waals surface area contributed by atoms with Crippen LogP contribution in [0.25, 0.3) is 32.1 Å². The lowest BCUT2D eigenvalue weighted by atomic mass is 9.77. The Balaban J connectivity index is 1.10. The van der Waals surface area contributed by atoms with Crippen molar-refractivity contribution in [2.45, 2.75) is 69.1 Å². The van der Waals surface area contributed by atoms with Gasteiger partial charge in [-0.3, -0.25) is 9.69 Å². The van der Waals surface area contributed by atoms with Gasteiger partial charge in [0.05, 0.1) is 32.8 Å². The van der Waals surface area contributed by atoms with E-state index in [1.54, 1.807) is 0 Å². The molecule has 4 aliphatic heterocycles. The number of nitriles is 1. The standard InChI is InChI=1S/C38H37ClF3N7O3S/c39-28-26(22-4-5-24(41)32-25(22)23(14-43)33(44)53-32)29(42)30-27-31(28)51-11-10-49(21-6-8-37(13-21)16-47(17-37)35(50)19-2-3-19)34(27)46-36(45-30)52-18-38-7-1-9-48(38)15-20(40)12-38/h4-5,19-21H,1-3,6-13,15-18,44H2/t20-,21?,38+/m1/s1. The molecule has 2 N–H and O–H groups in total. The van der Waals surface area contributed by atoms with Crippen molar-refractivity contribution in [3.8, 4) is 29.0 Å². The molecule has 276 valence electrons. The normalized spacial score (nSPS) is 26.2. The third-order valence-corrected chi connectivity index (χ3v) is 14.0. The number of benzene rings is 2. The number of halogens is 4. The first-order chi connectivity index (χ1) is 25.6. The van der Waals surface area contributed by atoms with E-state index in [2.05, 4.69) is 20.9 Å². The van der Waals surface area contributed by atoms with Crippen molar-refractivity contribution >= 4 is 60.7 Å². The maximum atomic E-state index is 17.4. The van der Waals surface area contributed by atoms with Crippen LogP contribution < -0.4 is 20.1 Å². The Hall–Kier alpha value is -4.06. The Morgan fingerprint density at radius 1 is 1.15 bits per heavy atom. The molecular weight excluding hydrogens is 727 g/mol. The van der Waals surface area contributed by atoms with E-state index in [0.29, 0.717) is 30.7 Å². The lowest BCUT2D eigenvalue weighted by Crippen LogP contribution is -2.58. The molecule has 3 saturated heterocycles. The molecule has 2 saturated carbocycles. The number of nitrogen functional groups attached to an aromatic ring is 1. The van der Waals surface area contributed by atoms with Crippen LogP contribution in [-0.2, 0) is 4.79 Å². The number of hydrogen-bond acceptors (Lipinski definition) is 10. The van der Waals surface area contributed by atoms with Gasteiger partial charge in [-0.25, -0.2) is 13.2 Å². The summed E-state index contributed by atoms with van der Waals surface area (Å²) in [6, 6.07) is 4.64. The van der Waals surface area contributed by atoms with E-state index in [4.69, 9.17) is 31.8 Å². The third kappa shape index (κ3) is 5.09. The number of ether oxygens (including phenoxy) is 2. The summed E-state index contributed by atoms with van der Waals surface area (Å²) in [5, 5.41) is 10.5. The number of alkyl halides is 1. The molecule has 2 aliphatic carbocycles. The van der Waals surface area contributed by atoms with Crippen molar-refractivity contribution in [2.24, 2.45) is 11.3 Å².